The third-order valence-electron chi connectivity index (χ3n) is 1.70. The van der Waals surface area contributed by atoms with E-state index in [1.807, 2.05) is 6.08 Å². The number of carbonyl (C=O) groups excluding carboxylic acids is 1. The molecule has 5 heteroatoms. The Hall–Kier alpha value is -1.91. The monoisotopic (exact) mass is 256 g/mol. The normalized spacial score (nSPS) is 10.1. The molecular weight excluding hydrogens is 236 g/mol. The molecule has 0 saturated heterocycles. The van der Waals surface area contributed by atoms with Crippen LogP contribution in [0.2, 0.25) is 0 Å². The number of ketones is 1. The molecule has 18 heavy (non-hydrogen) atoms. The van der Waals surface area contributed by atoms with Crippen molar-refractivity contribution < 1.29 is 24.6 Å². The van der Waals surface area contributed by atoms with Crippen LogP contribution < -0.4 is 0 Å². The standard InChI is InChI=1S/C9H16O.C4H4O4/c1-3-4-5-6-7-8-9(2)10;5-3(6)1-2-4(7)8/h7-8H,3-6H2,1-2H3;1-2H,(H,5,6)(H,7,8)/b;2-1-. The Morgan fingerprint density at radius 1 is 0.944 bits per heavy atom. The number of hydrogen-bond acceptors (Lipinski definition) is 3. The number of hydrogen-bond donors (Lipinski definition) is 2. The first kappa shape index (κ1) is 18.5. The molecule has 0 aromatic rings. The predicted octanol–water partition coefficient (Wildman–Crippen LogP) is 2.42. The fraction of sp³-hybridized carbons (Fsp3) is 0.462. The lowest BCUT2D eigenvalue weighted by Crippen LogP contribution is -1.91. The molecule has 0 radical (unpaired) electrons. The molecule has 0 amide bonds. The van der Waals surface area contributed by atoms with Gasteiger partial charge in [-0.15, -0.1) is 0 Å². The highest BCUT2D eigenvalue weighted by molar-refractivity contribution is 5.89. The van der Waals surface area contributed by atoms with Gasteiger partial charge < -0.3 is 10.2 Å². The van der Waals surface area contributed by atoms with Gasteiger partial charge in [-0.05, 0) is 25.8 Å². The quantitative estimate of drug-likeness (QED) is 0.539. The Labute approximate surface area is 107 Å². The molecule has 0 aliphatic heterocycles. The van der Waals surface area contributed by atoms with Crippen LogP contribution in [0.3, 0.4) is 0 Å². The molecule has 102 valence electrons. The Balaban J connectivity index is 0. The molecule has 0 rings (SSSR count). The first-order valence-corrected chi connectivity index (χ1v) is 5.71. The molecule has 0 unspecified atom stereocenters. The Bertz CT molecular complexity index is 299. The van der Waals surface area contributed by atoms with Gasteiger partial charge in [0.1, 0.15) is 0 Å². The maximum absolute atomic E-state index is 10.4. The van der Waals surface area contributed by atoms with Crippen LogP contribution in [0.4, 0.5) is 0 Å². The number of allylic oxidation sites excluding steroid dienone is 2. The molecule has 0 atom stereocenters. The van der Waals surface area contributed by atoms with Crippen molar-refractivity contribution in [3.63, 3.8) is 0 Å². The molecule has 0 heterocycles. The van der Waals surface area contributed by atoms with Crippen LogP contribution in [0.5, 0.6) is 0 Å². The van der Waals surface area contributed by atoms with E-state index in [0.717, 1.165) is 6.42 Å². The van der Waals surface area contributed by atoms with Crippen molar-refractivity contribution in [2.45, 2.75) is 39.5 Å². The van der Waals surface area contributed by atoms with Gasteiger partial charge in [-0.1, -0.05) is 25.8 Å². The second-order valence-electron chi connectivity index (χ2n) is 3.52. The number of carbonyl (C=O) groups is 3. The second kappa shape index (κ2) is 13.2. The summed E-state index contributed by atoms with van der Waals surface area (Å²) in [5, 5.41) is 15.6. The lowest BCUT2D eigenvalue weighted by atomic mass is 10.2. The van der Waals surface area contributed by atoms with E-state index < -0.39 is 11.9 Å². The lowest BCUT2D eigenvalue weighted by molar-refractivity contribution is -0.134. The van der Waals surface area contributed by atoms with Gasteiger partial charge in [0.25, 0.3) is 0 Å². The summed E-state index contributed by atoms with van der Waals surface area (Å²) in [4.78, 5) is 29.5. The molecule has 5 nitrogen and oxygen atoms in total. The predicted molar refractivity (Wildman–Crippen MR) is 68.4 cm³/mol. The van der Waals surface area contributed by atoms with Crippen molar-refractivity contribution in [2.24, 2.45) is 0 Å². The first-order chi connectivity index (χ1) is 8.40. The van der Waals surface area contributed by atoms with Crippen molar-refractivity contribution >= 4 is 17.7 Å². The summed E-state index contributed by atoms with van der Waals surface area (Å²) >= 11 is 0. The zero-order chi connectivity index (χ0) is 14.4. The fourth-order valence-electron chi connectivity index (χ4n) is 0.904. The topological polar surface area (TPSA) is 91.7 Å². The van der Waals surface area contributed by atoms with Crippen LogP contribution in [0, 0.1) is 0 Å². The number of carboxylic acids is 2. The van der Waals surface area contributed by atoms with E-state index in [2.05, 4.69) is 6.92 Å². The minimum atomic E-state index is -1.26. The number of unbranched alkanes of at least 4 members (excludes halogenated alkanes) is 3. The largest absolute Gasteiger partial charge is 0.478 e. The molecule has 0 aromatic carbocycles. The van der Waals surface area contributed by atoms with Gasteiger partial charge in [0.2, 0.25) is 0 Å². The van der Waals surface area contributed by atoms with Gasteiger partial charge in [-0.2, -0.15) is 0 Å². The third-order valence-corrected chi connectivity index (χ3v) is 1.70. The summed E-state index contributed by atoms with van der Waals surface area (Å²) in [5.41, 5.74) is 0. The van der Waals surface area contributed by atoms with E-state index in [9.17, 15) is 14.4 Å². The molecule has 0 aromatic heterocycles. The zero-order valence-corrected chi connectivity index (χ0v) is 10.8. The Kier molecular flexibility index (Phi) is 13.5. The van der Waals surface area contributed by atoms with Crippen LogP contribution in [0.1, 0.15) is 39.5 Å². The molecule has 0 aliphatic carbocycles. The van der Waals surface area contributed by atoms with Gasteiger partial charge in [0.05, 0.1) is 0 Å². The fourth-order valence-corrected chi connectivity index (χ4v) is 0.904. The molecule has 2 N–H and O–H groups in total. The SMILES string of the molecule is CCCCCC=CC(C)=O.O=C(O)/C=C\C(=O)O. The summed E-state index contributed by atoms with van der Waals surface area (Å²) in [7, 11) is 0. The summed E-state index contributed by atoms with van der Waals surface area (Å²) < 4.78 is 0. The minimum absolute atomic E-state index is 0.150. The van der Waals surface area contributed by atoms with Crippen molar-refractivity contribution in [1.82, 2.24) is 0 Å². The molecule has 0 fully saturated rings. The first-order valence-electron chi connectivity index (χ1n) is 5.71. The summed E-state index contributed by atoms with van der Waals surface area (Å²) in [6.45, 7) is 3.75. The van der Waals surface area contributed by atoms with Gasteiger partial charge in [0, 0.05) is 12.2 Å². The summed E-state index contributed by atoms with van der Waals surface area (Å²) in [6.07, 6.45) is 9.49. The van der Waals surface area contributed by atoms with E-state index in [-0.39, 0.29) is 5.78 Å². The van der Waals surface area contributed by atoms with Gasteiger partial charge in [-0.3, -0.25) is 4.79 Å². The van der Waals surface area contributed by atoms with E-state index >= 15 is 0 Å². The summed E-state index contributed by atoms with van der Waals surface area (Å²) in [6, 6.07) is 0. The highest BCUT2D eigenvalue weighted by Crippen LogP contribution is 1.99. The van der Waals surface area contributed by atoms with Crippen molar-refractivity contribution in [3.05, 3.63) is 24.3 Å². The second-order valence-corrected chi connectivity index (χ2v) is 3.52. The maximum atomic E-state index is 10.4. The number of aliphatic carboxylic acids is 2. The highest BCUT2D eigenvalue weighted by Gasteiger charge is 1.88. The van der Waals surface area contributed by atoms with Gasteiger partial charge >= 0.3 is 11.9 Å². The highest BCUT2D eigenvalue weighted by atomic mass is 16.4. The van der Waals surface area contributed by atoms with Crippen LogP contribution in [0.15, 0.2) is 24.3 Å². The van der Waals surface area contributed by atoms with E-state index in [1.165, 1.54) is 19.3 Å². The third kappa shape index (κ3) is 23.7. The van der Waals surface area contributed by atoms with Crippen molar-refractivity contribution in [1.29, 1.82) is 0 Å². The van der Waals surface area contributed by atoms with Gasteiger partial charge in [-0.25, -0.2) is 9.59 Å². The molecule has 0 saturated carbocycles. The Morgan fingerprint density at radius 2 is 1.44 bits per heavy atom. The zero-order valence-electron chi connectivity index (χ0n) is 10.8. The Morgan fingerprint density at radius 3 is 1.78 bits per heavy atom. The minimum Gasteiger partial charge on any atom is -0.478 e. The molecule has 0 aliphatic rings. The average Bonchev–Trinajstić information content (AvgIpc) is 2.26. The van der Waals surface area contributed by atoms with E-state index in [0.29, 0.717) is 12.2 Å². The van der Waals surface area contributed by atoms with Crippen molar-refractivity contribution in [2.75, 3.05) is 0 Å². The van der Waals surface area contributed by atoms with E-state index in [4.69, 9.17) is 10.2 Å². The number of carboxylic acid groups (broad SMARTS) is 2. The molecular formula is C13H20O5. The van der Waals surface area contributed by atoms with Crippen LogP contribution in [-0.2, 0) is 14.4 Å². The van der Waals surface area contributed by atoms with Crippen LogP contribution in [-0.4, -0.2) is 27.9 Å². The maximum Gasteiger partial charge on any atom is 0.328 e. The number of rotatable bonds is 7. The smallest absolute Gasteiger partial charge is 0.328 e. The lowest BCUT2D eigenvalue weighted by Gasteiger charge is -1.89. The van der Waals surface area contributed by atoms with Crippen LogP contribution in [0.25, 0.3) is 0 Å². The summed E-state index contributed by atoms with van der Waals surface area (Å²) in [5.74, 6) is -2.36. The van der Waals surface area contributed by atoms with Crippen molar-refractivity contribution in [3.8, 4) is 0 Å². The van der Waals surface area contributed by atoms with Crippen LogP contribution >= 0.6 is 0 Å². The average molecular weight is 256 g/mol. The molecule has 0 bridgehead atoms. The van der Waals surface area contributed by atoms with E-state index in [1.54, 1.807) is 13.0 Å². The van der Waals surface area contributed by atoms with Gasteiger partial charge in [0.15, 0.2) is 5.78 Å². The molecule has 0 spiro atoms.